The fraction of sp³-hybridized carbons (Fsp3) is 0.643. The average molecular weight is 349 g/mol. The highest BCUT2D eigenvalue weighted by Crippen LogP contribution is 2.36. The van der Waals surface area contributed by atoms with Crippen molar-refractivity contribution in [1.82, 2.24) is 15.1 Å². The number of carbonyl (C=O) groups excluding carboxylic acids is 2. The van der Waals surface area contributed by atoms with E-state index in [0.717, 1.165) is 10.9 Å². The first-order chi connectivity index (χ1) is 11.1. The predicted octanol–water partition coefficient (Wildman–Crippen LogP) is 1.02. The number of halogens is 3. The Morgan fingerprint density at radius 1 is 1.50 bits per heavy atom. The van der Waals surface area contributed by atoms with Gasteiger partial charge in [-0.05, 0) is 26.2 Å². The number of carbonyl (C=O) groups is 2. The molecule has 2 N–H and O–H groups in total. The molecular weight excluding hydrogens is 331 g/mol. The molecule has 0 aliphatic heterocycles. The zero-order valence-corrected chi connectivity index (χ0v) is 13.2. The number of nitrogens with zero attached hydrogens (tertiary/aromatic N) is 2. The lowest BCUT2D eigenvalue weighted by Crippen LogP contribution is -2.60. The van der Waals surface area contributed by atoms with Crippen molar-refractivity contribution < 1.29 is 32.6 Å². The topological polar surface area (TPSA) is 93.5 Å². The molecule has 0 bridgehead atoms. The third-order valence-electron chi connectivity index (χ3n) is 3.90. The van der Waals surface area contributed by atoms with Crippen LogP contribution in [0.5, 0.6) is 0 Å². The van der Waals surface area contributed by atoms with Gasteiger partial charge in [0, 0.05) is 13.2 Å². The minimum absolute atomic E-state index is 0.0159. The van der Waals surface area contributed by atoms with Gasteiger partial charge in [0.05, 0.1) is 17.8 Å². The molecule has 10 heteroatoms. The maximum absolute atomic E-state index is 13.0. The number of rotatable bonds is 5. The van der Waals surface area contributed by atoms with E-state index in [1.165, 1.54) is 7.05 Å². The van der Waals surface area contributed by atoms with Gasteiger partial charge in [-0.2, -0.15) is 18.3 Å². The summed E-state index contributed by atoms with van der Waals surface area (Å²) < 4.78 is 44.5. The fourth-order valence-electron chi connectivity index (χ4n) is 2.54. The second-order valence-corrected chi connectivity index (χ2v) is 5.68. The zero-order chi connectivity index (χ0) is 18.1. The molecule has 1 aromatic rings. The van der Waals surface area contributed by atoms with Gasteiger partial charge in [0.1, 0.15) is 0 Å². The molecule has 1 unspecified atom stereocenters. The zero-order valence-electron chi connectivity index (χ0n) is 13.2. The Hall–Kier alpha value is -2.10. The molecule has 1 amide bonds. The second-order valence-electron chi connectivity index (χ2n) is 5.68. The van der Waals surface area contributed by atoms with E-state index < -0.39 is 41.0 Å². The Bertz CT molecular complexity index is 638. The molecule has 1 aromatic heterocycles. The highest BCUT2D eigenvalue weighted by atomic mass is 19.4. The van der Waals surface area contributed by atoms with E-state index >= 15 is 0 Å². The summed E-state index contributed by atoms with van der Waals surface area (Å²) in [5, 5.41) is 15.7. The predicted molar refractivity (Wildman–Crippen MR) is 74.9 cm³/mol. The number of ether oxygens (including phenoxy) is 1. The van der Waals surface area contributed by atoms with E-state index in [1.54, 1.807) is 6.92 Å². The maximum Gasteiger partial charge on any atom is 0.435 e. The number of alkyl halides is 3. The molecule has 2 rings (SSSR count). The Labute approximate surface area is 135 Å². The summed E-state index contributed by atoms with van der Waals surface area (Å²) in [6, 6.07) is -1.43. The molecule has 24 heavy (non-hydrogen) atoms. The van der Waals surface area contributed by atoms with E-state index in [4.69, 9.17) is 4.74 Å². The molecular formula is C14H18F3N3O4. The van der Waals surface area contributed by atoms with Gasteiger partial charge < -0.3 is 15.2 Å². The van der Waals surface area contributed by atoms with Gasteiger partial charge in [-0.3, -0.25) is 9.48 Å². The number of hydrogen-bond acceptors (Lipinski definition) is 5. The molecule has 0 saturated heterocycles. The highest BCUT2D eigenvalue weighted by molar-refractivity contribution is 5.98. The molecule has 0 spiro atoms. The van der Waals surface area contributed by atoms with Crippen LogP contribution in [0.4, 0.5) is 13.2 Å². The smallest absolute Gasteiger partial charge is 0.435 e. The summed E-state index contributed by atoms with van der Waals surface area (Å²) in [6.45, 7) is 1.56. The first kappa shape index (κ1) is 18.2. The molecule has 1 fully saturated rings. The molecule has 0 aromatic carbocycles. The summed E-state index contributed by atoms with van der Waals surface area (Å²) in [5.74, 6) is -2.03. The van der Waals surface area contributed by atoms with Gasteiger partial charge >= 0.3 is 12.1 Å². The monoisotopic (exact) mass is 349 g/mol. The van der Waals surface area contributed by atoms with Crippen LogP contribution >= 0.6 is 0 Å². The Balaban J connectivity index is 2.27. The molecule has 1 saturated carbocycles. The lowest BCUT2D eigenvalue weighted by Gasteiger charge is -2.41. The van der Waals surface area contributed by atoms with Crippen LogP contribution < -0.4 is 5.32 Å². The van der Waals surface area contributed by atoms with Crippen LogP contribution in [0.3, 0.4) is 0 Å². The molecule has 1 atom stereocenters. The van der Waals surface area contributed by atoms with Crippen molar-refractivity contribution in [2.45, 2.75) is 44.0 Å². The van der Waals surface area contributed by atoms with Gasteiger partial charge in [-0.1, -0.05) is 0 Å². The number of aliphatic hydroxyl groups is 1. The lowest BCUT2D eigenvalue weighted by atomic mass is 9.74. The van der Waals surface area contributed by atoms with E-state index in [9.17, 15) is 27.9 Å². The van der Waals surface area contributed by atoms with E-state index in [-0.39, 0.29) is 19.4 Å². The van der Waals surface area contributed by atoms with Gasteiger partial charge in [0.15, 0.2) is 11.7 Å². The minimum Gasteiger partial charge on any atom is -0.464 e. The van der Waals surface area contributed by atoms with Crippen molar-refractivity contribution in [2.24, 2.45) is 7.05 Å². The van der Waals surface area contributed by atoms with Crippen molar-refractivity contribution in [3.63, 3.8) is 0 Å². The third kappa shape index (κ3) is 3.53. The van der Waals surface area contributed by atoms with Crippen LogP contribution in [0, 0.1) is 0 Å². The number of aromatic nitrogens is 2. The van der Waals surface area contributed by atoms with E-state index in [0.29, 0.717) is 6.42 Å². The van der Waals surface area contributed by atoms with Crippen LogP contribution in [0.1, 0.15) is 42.2 Å². The van der Waals surface area contributed by atoms with Gasteiger partial charge in [0.25, 0.3) is 5.91 Å². The Kier molecular flexibility index (Phi) is 4.88. The molecule has 134 valence electrons. The lowest BCUT2D eigenvalue weighted by molar-refractivity contribution is -0.158. The summed E-state index contributed by atoms with van der Waals surface area (Å²) >= 11 is 0. The van der Waals surface area contributed by atoms with Crippen molar-refractivity contribution in [1.29, 1.82) is 0 Å². The summed E-state index contributed by atoms with van der Waals surface area (Å²) in [6.07, 6.45) is -2.78. The van der Waals surface area contributed by atoms with Gasteiger partial charge in [0.2, 0.25) is 0 Å². The molecule has 0 radical (unpaired) electrons. The minimum atomic E-state index is -4.82. The largest absolute Gasteiger partial charge is 0.464 e. The number of hydrogen-bond donors (Lipinski definition) is 2. The number of esters is 1. The van der Waals surface area contributed by atoms with Gasteiger partial charge in [-0.15, -0.1) is 0 Å². The third-order valence-corrected chi connectivity index (χ3v) is 3.90. The number of aryl methyl sites for hydroxylation is 1. The van der Waals surface area contributed by atoms with Crippen LogP contribution in [-0.4, -0.2) is 45.0 Å². The number of amides is 1. The Morgan fingerprint density at radius 2 is 2.12 bits per heavy atom. The first-order valence-corrected chi connectivity index (χ1v) is 7.39. The molecule has 1 aliphatic carbocycles. The maximum atomic E-state index is 13.0. The summed E-state index contributed by atoms with van der Waals surface area (Å²) in [5.41, 5.74) is -3.59. The van der Waals surface area contributed by atoms with Crippen LogP contribution in [0.2, 0.25) is 0 Å². The van der Waals surface area contributed by atoms with Crippen molar-refractivity contribution in [3.8, 4) is 0 Å². The Morgan fingerprint density at radius 3 is 2.58 bits per heavy atom. The molecule has 1 heterocycles. The highest BCUT2D eigenvalue weighted by Gasteiger charge is 2.48. The van der Waals surface area contributed by atoms with Crippen LogP contribution in [0.15, 0.2) is 6.20 Å². The fourth-order valence-corrected chi connectivity index (χ4v) is 2.54. The van der Waals surface area contributed by atoms with E-state index in [2.05, 4.69) is 10.4 Å². The van der Waals surface area contributed by atoms with Crippen LogP contribution in [-0.2, 0) is 22.8 Å². The second kappa shape index (κ2) is 6.42. The normalized spacial score (nSPS) is 17.8. The van der Waals surface area contributed by atoms with Crippen molar-refractivity contribution >= 4 is 11.9 Å². The molecule has 7 nitrogen and oxygen atoms in total. The summed E-state index contributed by atoms with van der Waals surface area (Å²) in [4.78, 5) is 24.2. The number of nitrogens with one attached hydrogen (secondary N) is 1. The van der Waals surface area contributed by atoms with Crippen LogP contribution in [0.25, 0.3) is 0 Å². The quantitative estimate of drug-likeness (QED) is 0.774. The standard InChI is InChI=1S/C14H18F3N3O4/c1-3-24-12(22)10(13(23)5-4-6-13)18-11(21)8-7-20(2)19-9(8)14(15,16)17/h7,10,23H,3-6H2,1-2H3,(H,18,21). The SMILES string of the molecule is CCOC(=O)C(NC(=O)c1cn(C)nc1C(F)(F)F)C1(O)CCC1. The summed E-state index contributed by atoms with van der Waals surface area (Å²) in [7, 11) is 1.24. The van der Waals surface area contributed by atoms with Crippen molar-refractivity contribution in [3.05, 3.63) is 17.5 Å². The molecule has 1 aliphatic rings. The van der Waals surface area contributed by atoms with Gasteiger partial charge in [-0.25, -0.2) is 4.79 Å². The van der Waals surface area contributed by atoms with Crippen molar-refractivity contribution in [2.75, 3.05) is 6.61 Å². The van der Waals surface area contributed by atoms with E-state index in [1.807, 2.05) is 0 Å². The average Bonchev–Trinajstić information content (AvgIpc) is 2.84. The first-order valence-electron chi connectivity index (χ1n) is 7.39.